The first-order chi connectivity index (χ1) is 9.29. The van der Waals surface area contributed by atoms with Gasteiger partial charge in [0.2, 0.25) is 0 Å². The topological polar surface area (TPSA) is 9.23 Å². The normalized spacial score (nSPS) is 17.4. The highest BCUT2D eigenvalue weighted by molar-refractivity contribution is 6.30. The predicted molar refractivity (Wildman–Crippen MR) is 81.4 cm³/mol. The molecule has 1 saturated heterocycles. The molecular weight excluding hydrogens is 256 g/mol. The maximum atomic E-state index is 5.89. The van der Waals surface area contributed by atoms with E-state index in [2.05, 4.69) is 31.2 Å². The lowest BCUT2D eigenvalue weighted by atomic mass is 9.84. The molecule has 1 radical (unpaired) electrons. The number of halogens is 1. The fourth-order valence-electron chi connectivity index (χ4n) is 2.58. The summed E-state index contributed by atoms with van der Waals surface area (Å²) in [6, 6.07) is 8.08. The second kappa shape index (κ2) is 7.72. The maximum absolute atomic E-state index is 5.89. The Balaban J connectivity index is 1.86. The van der Waals surface area contributed by atoms with Crippen molar-refractivity contribution >= 4 is 11.6 Å². The zero-order valence-electron chi connectivity index (χ0n) is 11.6. The molecule has 2 rings (SSSR count). The van der Waals surface area contributed by atoms with Crippen LogP contribution in [0, 0.1) is 11.8 Å². The zero-order chi connectivity index (χ0) is 13.5. The van der Waals surface area contributed by atoms with E-state index in [4.69, 9.17) is 16.3 Å². The van der Waals surface area contributed by atoms with Gasteiger partial charge >= 0.3 is 0 Å². The van der Waals surface area contributed by atoms with Crippen LogP contribution in [0.2, 0.25) is 5.02 Å². The third-order valence-electron chi connectivity index (χ3n) is 3.75. The van der Waals surface area contributed by atoms with Gasteiger partial charge in [-0.2, -0.15) is 0 Å². The number of ether oxygens (including phenoxy) is 1. The average molecular weight is 278 g/mol. The number of hydrogen-bond acceptors (Lipinski definition) is 1. The zero-order valence-corrected chi connectivity index (χ0v) is 12.3. The van der Waals surface area contributed by atoms with Crippen LogP contribution < -0.4 is 0 Å². The highest BCUT2D eigenvalue weighted by atomic mass is 35.5. The predicted octanol–water partition coefficient (Wildman–Crippen LogP) is 4.85. The number of rotatable bonds is 5. The molecule has 1 aliphatic heterocycles. The van der Waals surface area contributed by atoms with Crippen molar-refractivity contribution in [3.63, 3.8) is 0 Å². The van der Waals surface area contributed by atoms with Gasteiger partial charge in [-0.15, -0.1) is 0 Å². The number of hydrogen-bond donors (Lipinski definition) is 0. The van der Waals surface area contributed by atoms with Crippen LogP contribution in [0.1, 0.15) is 31.7 Å². The van der Waals surface area contributed by atoms with Gasteiger partial charge in [0.1, 0.15) is 0 Å². The summed E-state index contributed by atoms with van der Waals surface area (Å²) in [6.45, 7) is 4.08. The molecule has 103 valence electrons. The molecule has 0 aromatic heterocycles. The molecule has 2 heteroatoms. The molecule has 0 spiro atoms. The molecule has 0 unspecified atom stereocenters. The molecular formula is C17H22ClO. The van der Waals surface area contributed by atoms with E-state index in [0.717, 1.165) is 37.0 Å². The van der Waals surface area contributed by atoms with Crippen molar-refractivity contribution in [2.75, 3.05) is 13.2 Å². The van der Waals surface area contributed by atoms with Crippen LogP contribution in [-0.2, 0) is 11.2 Å². The van der Waals surface area contributed by atoms with Crippen LogP contribution >= 0.6 is 11.6 Å². The SMILES string of the molecule is CC[C](C=CCc1ccc(Cl)cc1)C1CCOCC1. The summed E-state index contributed by atoms with van der Waals surface area (Å²) in [4.78, 5) is 0. The lowest BCUT2D eigenvalue weighted by Gasteiger charge is -2.27. The van der Waals surface area contributed by atoms with Crippen LogP contribution in [0.15, 0.2) is 36.4 Å². The molecule has 0 aliphatic carbocycles. The van der Waals surface area contributed by atoms with Gasteiger partial charge in [0.15, 0.2) is 0 Å². The summed E-state index contributed by atoms with van der Waals surface area (Å²) in [7, 11) is 0. The van der Waals surface area contributed by atoms with Crippen molar-refractivity contribution in [1.82, 2.24) is 0 Å². The Hall–Kier alpha value is -0.790. The summed E-state index contributed by atoms with van der Waals surface area (Å²) in [6.07, 6.45) is 9.07. The van der Waals surface area contributed by atoms with E-state index >= 15 is 0 Å². The van der Waals surface area contributed by atoms with E-state index < -0.39 is 0 Å². The van der Waals surface area contributed by atoms with Gasteiger partial charge in [0.25, 0.3) is 0 Å². The first-order valence-electron chi connectivity index (χ1n) is 7.14. The molecule has 0 N–H and O–H groups in total. The van der Waals surface area contributed by atoms with E-state index in [1.807, 2.05) is 12.1 Å². The molecule has 1 aromatic rings. The summed E-state index contributed by atoms with van der Waals surface area (Å²) in [5.74, 6) is 2.29. The third kappa shape index (κ3) is 4.67. The molecule has 0 amide bonds. The van der Waals surface area contributed by atoms with E-state index in [0.29, 0.717) is 0 Å². The fourth-order valence-corrected chi connectivity index (χ4v) is 2.70. The second-order valence-corrected chi connectivity index (χ2v) is 5.48. The fraction of sp³-hybridized carbons (Fsp3) is 0.471. The quantitative estimate of drug-likeness (QED) is 0.748. The summed E-state index contributed by atoms with van der Waals surface area (Å²) >= 11 is 5.89. The number of benzene rings is 1. The largest absolute Gasteiger partial charge is 0.381 e. The minimum absolute atomic E-state index is 0.722. The minimum Gasteiger partial charge on any atom is -0.381 e. The monoisotopic (exact) mass is 277 g/mol. The Kier molecular flexibility index (Phi) is 5.93. The van der Waals surface area contributed by atoms with Crippen LogP contribution in [-0.4, -0.2) is 13.2 Å². The Bertz CT molecular complexity index is 390. The van der Waals surface area contributed by atoms with Crippen molar-refractivity contribution < 1.29 is 4.74 Å². The van der Waals surface area contributed by atoms with E-state index in [1.54, 1.807) is 5.92 Å². The Morgan fingerprint density at radius 3 is 2.58 bits per heavy atom. The molecule has 0 atom stereocenters. The second-order valence-electron chi connectivity index (χ2n) is 5.05. The summed E-state index contributed by atoms with van der Waals surface area (Å²) in [5.41, 5.74) is 1.31. The average Bonchev–Trinajstić information content (AvgIpc) is 2.46. The van der Waals surface area contributed by atoms with Crippen molar-refractivity contribution in [3.05, 3.63) is 52.9 Å². The molecule has 1 fully saturated rings. The molecule has 1 nitrogen and oxygen atoms in total. The van der Waals surface area contributed by atoms with Gasteiger partial charge in [-0.1, -0.05) is 42.8 Å². The van der Waals surface area contributed by atoms with Gasteiger partial charge in [0.05, 0.1) is 0 Å². The molecule has 1 heterocycles. The Morgan fingerprint density at radius 1 is 1.26 bits per heavy atom. The van der Waals surface area contributed by atoms with Crippen molar-refractivity contribution in [1.29, 1.82) is 0 Å². The lowest BCUT2D eigenvalue weighted by molar-refractivity contribution is 0.0708. The maximum Gasteiger partial charge on any atom is 0.0469 e. The standard InChI is InChI=1S/C17H22ClO/c1-2-15(16-10-12-19-13-11-16)5-3-4-14-6-8-17(18)9-7-14/h3,5-9,16H,2,4,10-13H2,1H3. The first-order valence-corrected chi connectivity index (χ1v) is 7.52. The Labute approximate surface area is 121 Å². The molecule has 1 aliphatic rings. The van der Waals surface area contributed by atoms with Crippen LogP contribution in [0.5, 0.6) is 0 Å². The van der Waals surface area contributed by atoms with E-state index in [9.17, 15) is 0 Å². The molecule has 19 heavy (non-hydrogen) atoms. The van der Waals surface area contributed by atoms with Crippen molar-refractivity contribution in [3.8, 4) is 0 Å². The molecule has 0 saturated carbocycles. The highest BCUT2D eigenvalue weighted by Crippen LogP contribution is 2.29. The molecule has 0 bridgehead atoms. The van der Waals surface area contributed by atoms with Crippen LogP contribution in [0.3, 0.4) is 0 Å². The van der Waals surface area contributed by atoms with Crippen LogP contribution in [0.25, 0.3) is 0 Å². The highest BCUT2D eigenvalue weighted by Gasteiger charge is 2.20. The van der Waals surface area contributed by atoms with Gasteiger partial charge in [-0.05, 0) is 49.3 Å². The van der Waals surface area contributed by atoms with Crippen molar-refractivity contribution in [2.45, 2.75) is 32.6 Å². The summed E-state index contributed by atoms with van der Waals surface area (Å²) < 4.78 is 5.43. The minimum atomic E-state index is 0.722. The van der Waals surface area contributed by atoms with Crippen LogP contribution in [0.4, 0.5) is 0 Å². The number of allylic oxidation sites excluding steroid dienone is 2. The smallest absolute Gasteiger partial charge is 0.0469 e. The van der Waals surface area contributed by atoms with Gasteiger partial charge < -0.3 is 4.74 Å². The van der Waals surface area contributed by atoms with Gasteiger partial charge in [0, 0.05) is 24.2 Å². The van der Waals surface area contributed by atoms with Crippen molar-refractivity contribution in [2.24, 2.45) is 5.92 Å². The first kappa shape index (κ1) is 14.6. The lowest BCUT2D eigenvalue weighted by Crippen LogP contribution is -2.20. The Morgan fingerprint density at radius 2 is 1.95 bits per heavy atom. The molecule has 1 aromatic carbocycles. The van der Waals surface area contributed by atoms with Gasteiger partial charge in [-0.3, -0.25) is 0 Å². The van der Waals surface area contributed by atoms with E-state index in [-0.39, 0.29) is 0 Å². The summed E-state index contributed by atoms with van der Waals surface area (Å²) in [5, 5.41) is 0.802. The van der Waals surface area contributed by atoms with Gasteiger partial charge in [-0.25, -0.2) is 0 Å². The van der Waals surface area contributed by atoms with E-state index in [1.165, 1.54) is 18.4 Å². The third-order valence-corrected chi connectivity index (χ3v) is 4.00.